The van der Waals surface area contributed by atoms with Crippen molar-refractivity contribution in [3.8, 4) is 11.4 Å². The van der Waals surface area contributed by atoms with Gasteiger partial charge in [-0.3, -0.25) is 9.69 Å². The number of aryl methyl sites for hydroxylation is 2. The lowest BCUT2D eigenvalue weighted by atomic mass is 10.0. The van der Waals surface area contributed by atoms with Crippen LogP contribution in [0.1, 0.15) is 29.4 Å². The normalized spacial score (nSPS) is 14.7. The van der Waals surface area contributed by atoms with Crippen LogP contribution in [0, 0.1) is 20.8 Å². The number of allylic oxidation sites excluding steroid dienone is 1. The third-order valence-electron chi connectivity index (χ3n) is 6.37. The highest BCUT2D eigenvalue weighted by atomic mass is 35.5. The highest BCUT2D eigenvalue weighted by Gasteiger charge is 2.38. The van der Waals surface area contributed by atoms with E-state index in [1.165, 1.54) is 19.1 Å². The number of methoxy groups -OCH3 is 2. The third-order valence-corrected chi connectivity index (χ3v) is 6.90. The summed E-state index contributed by atoms with van der Waals surface area (Å²) in [5.41, 5.74) is 6.12. The molecule has 1 aliphatic rings. The highest BCUT2D eigenvalue weighted by Crippen LogP contribution is 2.39. The van der Waals surface area contributed by atoms with Crippen LogP contribution in [-0.4, -0.2) is 30.7 Å². The van der Waals surface area contributed by atoms with Crippen molar-refractivity contribution in [2.75, 3.05) is 19.1 Å². The minimum Gasteiger partial charge on any atom is -0.495 e. The van der Waals surface area contributed by atoms with Crippen LogP contribution in [0.15, 0.2) is 59.3 Å². The van der Waals surface area contributed by atoms with Gasteiger partial charge in [0.2, 0.25) is 0 Å². The third kappa shape index (κ3) is 4.31. The molecule has 6 nitrogen and oxygen atoms in total. The number of ether oxygens (including phenoxy) is 2. The molecule has 36 heavy (non-hydrogen) atoms. The Balaban J connectivity index is 1.86. The van der Waals surface area contributed by atoms with Crippen molar-refractivity contribution in [1.29, 1.82) is 0 Å². The van der Waals surface area contributed by atoms with Gasteiger partial charge >= 0.3 is 5.97 Å². The molecular formula is C28H26Cl2N2O4. The molecule has 0 atom stereocenters. The van der Waals surface area contributed by atoms with E-state index in [1.54, 1.807) is 31.2 Å². The maximum Gasteiger partial charge on any atom is 0.340 e. The van der Waals surface area contributed by atoms with Crippen LogP contribution in [-0.2, 0) is 14.3 Å². The van der Waals surface area contributed by atoms with Crippen molar-refractivity contribution < 1.29 is 19.1 Å². The molecule has 0 fully saturated rings. The van der Waals surface area contributed by atoms with E-state index in [9.17, 15) is 9.59 Å². The number of carbonyl (C=O) groups is 2. The lowest BCUT2D eigenvalue weighted by Crippen LogP contribution is -2.24. The van der Waals surface area contributed by atoms with Gasteiger partial charge < -0.3 is 14.0 Å². The zero-order valence-electron chi connectivity index (χ0n) is 20.9. The van der Waals surface area contributed by atoms with E-state index in [4.69, 9.17) is 32.7 Å². The number of benzene rings is 2. The number of rotatable bonds is 5. The fourth-order valence-corrected chi connectivity index (χ4v) is 4.99. The molecule has 186 valence electrons. The van der Waals surface area contributed by atoms with E-state index in [0.717, 1.165) is 28.2 Å². The smallest absolute Gasteiger partial charge is 0.340 e. The Bertz CT molecular complexity index is 1470. The van der Waals surface area contributed by atoms with Gasteiger partial charge in [0.25, 0.3) is 5.91 Å². The summed E-state index contributed by atoms with van der Waals surface area (Å²) in [6.45, 7) is 7.68. The van der Waals surface area contributed by atoms with E-state index >= 15 is 0 Å². The summed E-state index contributed by atoms with van der Waals surface area (Å²) in [5, 5.41) is 0.988. The fraction of sp³-hybridized carbons (Fsp3) is 0.214. The average molecular weight is 525 g/mol. The quantitative estimate of drug-likeness (QED) is 0.278. The first-order chi connectivity index (χ1) is 17.1. The average Bonchev–Trinajstić information content (AvgIpc) is 3.26. The topological polar surface area (TPSA) is 60.8 Å². The number of aromatic nitrogens is 1. The molecular weight excluding hydrogens is 499 g/mol. The van der Waals surface area contributed by atoms with Crippen molar-refractivity contribution in [2.45, 2.75) is 27.7 Å². The number of nitrogens with zero attached hydrogens (tertiary/aromatic N) is 2. The molecule has 0 N–H and O–H groups in total. The second-order valence-corrected chi connectivity index (χ2v) is 9.41. The molecule has 1 amide bonds. The van der Waals surface area contributed by atoms with Gasteiger partial charge in [-0.15, -0.1) is 0 Å². The first kappa shape index (κ1) is 25.6. The summed E-state index contributed by atoms with van der Waals surface area (Å²) in [6, 6.07) is 12.7. The predicted octanol–water partition coefficient (Wildman–Crippen LogP) is 6.60. The van der Waals surface area contributed by atoms with Gasteiger partial charge in [0.1, 0.15) is 5.75 Å². The Labute approximate surface area is 220 Å². The van der Waals surface area contributed by atoms with Gasteiger partial charge in [-0.05, 0) is 81.3 Å². The van der Waals surface area contributed by atoms with E-state index in [0.29, 0.717) is 27.2 Å². The minimum atomic E-state index is -0.589. The van der Waals surface area contributed by atoms with Gasteiger partial charge in [0.15, 0.2) is 0 Å². The molecule has 0 unspecified atom stereocenters. The largest absolute Gasteiger partial charge is 0.495 e. The SMILES string of the molecule is COC(=O)C1=C(C)N(c2ccc(OC)c(Cl)c2)C(=O)/C1=C\c1cc(C)n(-c2cc(Cl)ccc2C)c1C. The summed E-state index contributed by atoms with van der Waals surface area (Å²) >= 11 is 12.6. The molecule has 0 spiro atoms. The zero-order chi connectivity index (χ0) is 26.3. The van der Waals surface area contributed by atoms with Crippen molar-refractivity contribution >= 4 is 46.8 Å². The predicted molar refractivity (Wildman–Crippen MR) is 143 cm³/mol. The fourth-order valence-electron chi connectivity index (χ4n) is 4.57. The van der Waals surface area contributed by atoms with Crippen LogP contribution in [0.25, 0.3) is 11.8 Å². The maximum atomic E-state index is 13.7. The summed E-state index contributed by atoms with van der Waals surface area (Å²) in [5.74, 6) is -0.451. The Morgan fingerprint density at radius 3 is 2.33 bits per heavy atom. The molecule has 1 aliphatic heterocycles. The molecule has 0 bridgehead atoms. The van der Waals surface area contributed by atoms with Gasteiger partial charge in [-0.2, -0.15) is 0 Å². The number of anilines is 1. The molecule has 2 heterocycles. The van der Waals surface area contributed by atoms with Crippen molar-refractivity contribution in [3.63, 3.8) is 0 Å². The number of carbonyl (C=O) groups excluding carboxylic acids is 2. The van der Waals surface area contributed by atoms with Gasteiger partial charge in [-0.25, -0.2) is 4.79 Å². The second-order valence-electron chi connectivity index (χ2n) is 8.56. The van der Waals surface area contributed by atoms with Crippen LogP contribution >= 0.6 is 23.2 Å². The van der Waals surface area contributed by atoms with Crippen molar-refractivity contribution in [3.05, 3.63) is 91.9 Å². The van der Waals surface area contributed by atoms with E-state index in [-0.39, 0.29) is 17.1 Å². The molecule has 1 aromatic heterocycles. The Morgan fingerprint density at radius 2 is 1.69 bits per heavy atom. The van der Waals surface area contributed by atoms with E-state index in [1.807, 2.05) is 45.0 Å². The van der Waals surface area contributed by atoms with Gasteiger partial charge in [0, 0.05) is 27.8 Å². The summed E-state index contributed by atoms with van der Waals surface area (Å²) in [6.07, 6.45) is 1.74. The van der Waals surface area contributed by atoms with Gasteiger partial charge in [-0.1, -0.05) is 29.3 Å². The van der Waals surface area contributed by atoms with Crippen molar-refractivity contribution in [2.24, 2.45) is 0 Å². The Morgan fingerprint density at radius 1 is 0.972 bits per heavy atom. The first-order valence-corrected chi connectivity index (χ1v) is 12.0. The molecule has 0 saturated heterocycles. The number of hydrogen-bond acceptors (Lipinski definition) is 4. The van der Waals surface area contributed by atoms with Crippen molar-refractivity contribution in [1.82, 2.24) is 4.57 Å². The number of hydrogen-bond donors (Lipinski definition) is 0. The summed E-state index contributed by atoms with van der Waals surface area (Å²) in [7, 11) is 2.82. The number of esters is 1. The van der Waals surface area contributed by atoms with Gasteiger partial charge in [0.05, 0.1) is 36.1 Å². The van der Waals surface area contributed by atoms with Crippen LogP contribution in [0.3, 0.4) is 0 Å². The monoisotopic (exact) mass is 524 g/mol. The minimum absolute atomic E-state index is 0.207. The van der Waals surface area contributed by atoms with Crippen LogP contribution in [0.2, 0.25) is 10.0 Å². The Kier molecular flexibility index (Phi) is 7.03. The van der Waals surface area contributed by atoms with Crippen LogP contribution < -0.4 is 9.64 Å². The summed E-state index contributed by atoms with van der Waals surface area (Å²) in [4.78, 5) is 28.0. The second kappa shape index (κ2) is 9.88. The van der Waals surface area contributed by atoms with E-state index < -0.39 is 5.97 Å². The lowest BCUT2D eigenvalue weighted by Gasteiger charge is -2.19. The molecule has 3 aromatic rings. The maximum absolute atomic E-state index is 13.7. The first-order valence-electron chi connectivity index (χ1n) is 11.2. The summed E-state index contributed by atoms with van der Waals surface area (Å²) < 4.78 is 12.4. The standard InChI is InChI=1S/C28H26Cl2N2O4/c1-15-7-8-20(29)13-24(15)31-16(2)11-19(17(31)3)12-22-26(28(34)36-6)18(4)32(27(22)33)21-9-10-25(35-5)23(30)14-21/h7-14H,1-6H3/b22-12-. The lowest BCUT2D eigenvalue weighted by molar-refractivity contribution is -0.136. The van der Waals surface area contributed by atoms with Crippen LogP contribution in [0.4, 0.5) is 5.69 Å². The number of halogens is 2. The molecule has 0 saturated carbocycles. The molecule has 2 aromatic carbocycles. The van der Waals surface area contributed by atoms with E-state index in [2.05, 4.69) is 4.57 Å². The molecule has 4 rings (SSSR count). The molecule has 8 heteroatoms. The molecule has 0 radical (unpaired) electrons. The highest BCUT2D eigenvalue weighted by molar-refractivity contribution is 6.32. The van der Waals surface area contributed by atoms with Crippen LogP contribution in [0.5, 0.6) is 5.75 Å². The Hall–Kier alpha value is -3.48. The zero-order valence-corrected chi connectivity index (χ0v) is 22.4. The number of amides is 1. The molecule has 0 aliphatic carbocycles.